The van der Waals surface area contributed by atoms with E-state index >= 15 is 0 Å². The highest BCUT2D eigenvalue weighted by molar-refractivity contribution is 7.91. The predicted octanol–water partition coefficient (Wildman–Crippen LogP) is 2.08. The largest absolute Gasteiger partial charge is 0.408 e. The molecule has 1 aromatic heterocycles. The molecule has 0 aliphatic carbocycles. The summed E-state index contributed by atoms with van der Waals surface area (Å²) in [4.78, 5) is 13.9. The van der Waals surface area contributed by atoms with E-state index in [4.69, 9.17) is 4.42 Å². The molecule has 0 spiro atoms. The molecule has 1 unspecified atom stereocenters. The van der Waals surface area contributed by atoms with Gasteiger partial charge in [-0.25, -0.2) is 8.42 Å². The molecule has 0 bridgehead atoms. The smallest absolute Gasteiger partial charge is 0.336 e. The lowest BCUT2D eigenvalue weighted by Crippen LogP contribution is -2.42. The van der Waals surface area contributed by atoms with Gasteiger partial charge >= 0.3 is 5.22 Å². The molecule has 1 fully saturated rings. The fraction of sp³-hybridized carbons (Fsp3) is 0.471. The summed E-state index contributed by atoms with van der Waals surface area (Å²) >= 11 is 0. The molecule has 0 saturated carbocycles. The number of carbonyl (C=O) groups excluding carboxylic acids is 1. The summed E-state index contributed by atoms with van der Waals surface area (Å²) in [5.41, 5.74) is 1.64. The predicted molar refractivity (Wildman–Crippen MR) is 91.5 cm³/mol. The van der Waals surface area contributed by atoms with E-state index in [2.05, 4.69) is 17.1 Å². The molecule has 1 saturated heterocycles. The number of aryl methyl sites for hydroxylation is 1. The normalized spacial score (nSPS) is 18.3. The second-order valence-electron chi connectivity index (χ2n) is 6.59. The molecule has 1 aliphatic heterocycles. The molecule has 0 radical (unpaired) electrons. The fourth-order valence-electron chi connectivity index (χ4n) is 2.96. The van der Waals surface area contributed by atoms with Crippen molar-refractivity contribution in [2.45, 2.75) is 31.9 Å². The van der Waals surface area contributed by atoms with Crippen LogP contribution in [0.1, 0.15) is 25.3 Å². The Morgan fingerprint density at radius 3 is 2.88 bits per heavy atom. The van der Waals surface area contributed by atoms with Gasteiger partial charge in [-0.2, -0.15) is 0 Å². The Hall–Kier alpha value is -2.22. The Bertz CT molecular complexity index is 876. The Morgan fingerprint density at radius 2 is 2.16 bits per heavy atom. The zero-order valence-corrected chi connectivity index (χ0v) is 15.1. The van der Waals surface area contributed by atoms with Gasteiger partial charge in [-0.3, -0.25) is 4.79 Å². The van der Waals surface area contributed by atoms with Crippen LogP contribution in [-0.2, 0) is 14.6 Å². The van der Waals surface area contributed by atoms with Crippen molar-refractivity contribution in [2.75, 3.05) is 18.8 Å². The van der Waals surface area contributed by atoms with E-state index in [-0.39, 0.29) is 5.89 Å². The lowest BCUT2D eigenvalue weighted by molar-refractivity contribution is -0.130. The first-order valence-corrected chi connectivity index (χ1v) is 9.91. The maximum Gasteiger partial charge on any atom is 0.336 e. The zero-order chi connectivity index (χ0) is 18.0. The second-order valence-corrected chi connectivity index (χ2v) is 8.46. The van der Waals surface area contributed by atoms with Gasteiger partial charge < -0.3 is 9.32 Å². The SMILES string of the molecule is Cc1cccc(-c2nnc(S(=O)(=O)CC(=O)N3CCCC(C)C3)o2)c1. The van der Waals surface area contributed by atoms with Crippen LogP contribution in [0.25, 0.3) is 11.5 Å². The Morgan fingerprint density at radius 1 is 1.36 bits per heavy atom. The van der Waals surface area contributed by atoms with E-state index in [1.807, 2.05) is 25.1 Å². The van der Waals surface area contributed by atoms with Gasteiger partial charge in [0.2, 0.25) is 21.6 Å². The van der Waals surface area contributed by atoms with Gasteiger partial charge in [0.25, 0.3) is 0 Å². The minimum absolute atomic E-state index is 0.126. The van der Waals surface area contributed by atoms with Gasteiger partial charge in [0, 0.05) is 18.7 Å². The van der Waals surface area contributed by atoms with Crippen molar-refractivity contribution >= 4 is 15.7 Å². The van der Waals surface area contributed by atoms with Crippen LogP contribution in [0.15, 0.2) is 33.9 Å². The monoisotopic (exact) mass is 363 g/mol. The molecule has 3 rings (SSSR count). The number of amides is 1. The number of hydrogen-bond acceptors (Lipinski definition) is 6. The Labute approximate surface area is 147 Å². The van der Waals surface area contributed by atoms with Crippen molar-refractivity contribution in [3.63, 3.8) is 0 Å². The lowest BCUT2D eigenvalue weighted by Gasteiger charge is -2.30. The molecular weight excluding hydrogens is 342 g/mol. The number of carbonyl (C=O) groups is 1. The summed E-state index contributed by atoms with van der Waals surface area (Å²) in [6.07, 6.45) is 1.95. The molecule has 1 aromatic carbocycles. The third-order valence-electron chi connectivity index (χ3n) is 4.26. The number of likely N-dealkylation sites (tertiary alicyclic amines) is 1. The first-order chi connectivity index (χ1) is 11.8. The average Bonchev–Trinajstić information content (AvgIpc) is 3.05. The highest BCUT2D eigenvalue weighted by atomic mass is 32.2. The van der Waals surface area contributed by atoms with Crippen molar-refractivity contribution in [3.8, 4) is 11.5 Å². The van der Waals surface area contributed by atoms with Gasteiger partial charge in [0.1, 0.15) is 5.75 Å². The first kappa shape index (κ1) is 17.6. The molecule has 1 atom stereocenters. The standard InChI is InChI=1S/C17H21N3O4S/c1-12-5-3-7-14(9-12)16-18-19-17(24-16)25(22,23)11-15(21)20-8-4-6-13(2)10-20/h3,5,7,9,13H,4,6,8,10-11H2,1-2H3. The topological polar surface area (TPSA) is 93.4 Å². The molecule has 2 heterocycles. The van der Waals surface area contributed by atoms with Gasteiger partial charge in [0.15, 0.2) is 0 Å². The number of benzene rings is 1. The third-order valence-corrected chi connectivity index (χ3v) is 5.58. The van der Waals surface area contributed by atoms with Crippen molar-refractivity contribution in [1.82, 2.24) is 15.1 Å². The first-order valence-electron chi connectivity index (χ1n) is 8.26. The second kappa shape index (κ2) is 6.95. The number of sulfone groups is 1. The van der Waals surface area contributed by atoms with Gasteiger partial charge in [0.05, 0.1) is 0 Å². The van der Waals surface area contributed by atoms with Crippen molar-refractivity contribution < 1.29 is 17.6 Å². The Balaban J connectivity index is 1.75. The average molecular weight is 363 g/mol. The van der Waals surface area contributed by atoms with Crippen LogP contribution in [0.5, 0.6) is 0 Å². The molecule has 8 heteroatoms. The van der Waals surface area contributed by atoms with E-state index in [9.17, 15) is 13.2 Å². The van der Waals surface area contributed by atoms with Crippen LogP contribution in [-0.4, -0.2) is 48.3 Å². The van der Waals surface area contributed by atoms with E-state index in [1.54, 1.807) is 11.0 Å². The minimum atomic E-state index is -3.96. The maximum absolute atomic E-state index is 12.4. The number of piperidine rings is 1. The molecule has 25 heavy (non-hydrogen) atoms. The summed E-state index contributed by atoms with van der Waals surface area (Å²) < 4.78 is 30.2. The number of hydrogen-bond donors (Lipinski definition) is 0. The minimum Gasteiger partial charge on any atom is -0.408 e. The molecule has 7 nitrogen and oxygen atoms in total. The van der Waals surface area contributed by atoms with Crippen molar-refractivity contribution in [3.05, 3.63) is 29.8 Å². The summed E-state index contributed by atoms with van der Waals surface area (Å²) in [5, 5.41) is 6.92. The quantitative estimate of drug-likeness (QED) is 0.825. The fourth-order valence-corrected chi connectivity index (χ4v) is 3.96. The van der Waals surface area contributed by atoms with E-state index in [0.717, 1.165) is 18.4 Å². The maximum atomic E-state index is 12.4. The van der Waals surface area contributed by atoms with Crippen molar-refractivity contribution in [2.24, 2.45) is 5.92 Å². The molecule has 1 amide bonds. The van der Waals surface area contributed by atoms with Crippen LogP contribution >= 0.6 is 0 Å². The molecular formula is C17H21N3O4S. The lowest BCUT2D eigenvalue weighted by atomic mass is 10.0. The number of aromatic nitrogens is 2. The van der Waals surface area contributed by atoms with E-state index < -0.39 is 26.7 Å². The van der Waals surface area contributed by atoms with Gasteiger partial charge in [-0.1, -0.05) is 29.7 Å². The molecule has 1 aliphatic rings. The third kappa shape index (κ3) is 4.07. The number of nitrogens with zero attached hydrogens (tertiary/aromatic N) is 3. The summed E-state index contributed by atoms with van der Waals surface area (Å²) in [5.74, 6) is -0.547. The van der Waals surface area contributed by atoms with Crippen LogP contribution in [0.4, 0.5) is 0 Å². The summed E-state index contributed by atoms with van der Waals surface area (Å²) in [6.45, 7) is 5.15. The molecule has 2 aromatic rings. The van der Waals surface area contributed by atoms with E-state index in [0.29, 0.717) is 24.6 Å². The summed E-state index contributed by atoms with van der Waals surface area (Å²) in [7, 11) is -3.96. The molecule has 0 N–H and O–H groups in total. The summed E-state index contributed by atoms with van der Waals surface area (Å²) in [6, 6.07) is 7.32. The Kier molecular flexibility index (Phi) is 4.89. The van der Waals surface area contributed by atoms with Crippen LogP contribution < -0.4 is 0 Å². The van der Waals surface area contributed by atoms with Gasteiger partial charge in [-0.15, -0.1) is 5.10 Å². The zero-order valence-electron chi connectivity index (χ0n) is 14.3. The highest BCUT2D eigenvalue weighted by Crippen LogP contribution is 2.22. The number of rotatable bonds is 4. The molecule has 134 valence electrons. The van der Waals surface area contributed by atoms with Crippen LogP contribution in [0.3, 0.4) is 0 Å². The van der Waals surface area contributed by atoms with Crippen LogP contribution in [0.2, 0.25) is 0 Å². The van der Waals surface area contributed by atoms with E-state index in [1.165, 1.54) is 0 Å². The van der Waals surface area contributed by atoms with Gasteiger partial charge in [-0.05, 0) is 37.8 Å². The van der Waals surface area contributed by atoms with Crippen molar-refractivity contribution in [1.29, 1.82) is 0 Å². The highest BCUT2D eigenvalue weighted by Gasteiger charge is 2.30. The van der Waals surface area contributed by atoms with Crippen LogP contribution in [0, 0.1) is 12.8 Å².